The predicted octanol–water partition coefficient (Wildman–Crippen LogP) is 6.54. The Morgan fingerprint density at radius 3 is 1.82 bits per heavy atom. The quantitative estimate of drug-likeness (QED) is 0.367. The van der Waals surface area contributed by atoms with E-state index in [9.17, 15) is 14.4 Å². The van der Waals surface area contributed by atoms with Gasteiger partial charge in [0, 0.05) is 24.7 Å². The van der Waals surface area contributed by atoms with E-state index in [0.29, 0.717) is 12.5 Å². The van der Waals surface area contributed by atoms with Gasteiger partial charge in [-0.05, 0) is 104 Å². The number of amides is 3. The van der Waals surface area contributed by atoms with E-state index in [4.69, 9.17) is 14.2 Å². The van der Waals surface area contributed by atoms with E-state index >= 15 is 0 Å². The lowest BCUT2D eigenvalue weighted by Gasteiger charge is -2.40. The summed E-state index contributed by atoms with van der Waals surface area (Å²) in [5, 5.41) is 5.99. The maximum absolute atomic E-state index is 13.3. The van der Waals surface area contributed by atoms with E-state index < -0.39 is 17.3 Å². The first-order valence-electron chi connectivity index (χ1n) is 14.7. The molecule has 1 aromatic rings. The molecular weight excluding hydrogens is 510 g/mol. The molecule has 224 valence electrons. The van der Waals surface area contributed by atoms with Gasteiger partial charge in [-0.2, -0.15) is 0 Å². The maximum atomic E-state index is 13.3. The number of carbonyl (C=O) groups excluding carboxylic acids is 3. The second-order valence-electron chi connectivity index (χ2n) is 13.2. The van der Waals surface area contributed by atoms with Crippen molar-refractivity contribution in [2.24, 2.45) is 5.92 Å². The van der Waals surface area contributed by atoms with Crippen LogP contribution < -0.4 is 10.6 Å². The zero-order chi connectivity index (χ0) is 29.3. The third-order valence-corrected chi connectivity index (χ3v) is 7.32. The monoisotopic (exact) mass is 559 g/mol. The summed E-state index contributed by atoms with van der Waals surface area (Å²) in [4.78, 5) is 39.7. The molecule has 2 saturated carbocycles. The van der Waals surface area contributed by atoms with E-state index in [1.807, 2.05) is 76.8 Å². The van der Waals surface area contributed by atoms with E-state index in [-0.39, 0.29) is 36.9 Å². The van der Waals surface area contributed by atoms with Gasteiger partial charge < -0.3 is 29.7 Å². The standard InChI is InChI=1S/C31H49N3O6/c1-30(2,3)39-28(36)33-25-16-18-26(19-17-25)34(29(37)40-31(4,5)6)20-22-12-14-24(15-13-22)32-27(35)38-21-23-10-8-7-9-11-23/h7-11,22,24-26H,12-21H2,1-6H3,(H,32,35)(H,33,36)/t22-,24-,25-,26-. The van der Waals surface area contributed by atoms with Crippen molar-refractivity contribution in [2.45, 2.75) is 129 Å². The van der Waals surface area contributed by atoms with Gasteiger partial charge in [-0.15, -0.1) is 0 Å². The van der Waals surface area contributed by atoms with Crippen LogP contribution in [-0.4, -0.2) is 59.1 Å². The SMILES string of the molecule is CC(C)(C)OC(=O)N[C@H]1CC[C@H](N(C[C@H]2CC[C@H](NC(=O)OCc3ccccc3)CC2)C(=O)OC(C)(C)C)CC1. The Balaban J connectivity index is 1.48. The molecule has 0 saturated heterocycles. The number of nitrogens with one attached hydrogen (secondary N) is 2. The lowest BCUT2D eigenvalue weighted by atomic mass is 9.84. The Bertz CT molecular complexity index is 956. The number of carbonyl (C=O) groups is 3. The highest BCUT2D eigenvalue weighted by Crippen LogP contribution is 2.30. The highest BCUT2D eigenvalue weighted by molar-refractivity contribution is 5.69. The van der Waals surface area contributed by atoms with Crippen LogP contribution in [0.3, 0.4) is 0 Å². The van der Waals surface area contributed by atoms with E-state index in [1.54, 1.807) is 0 Å². The summed E-state index contributed by atoms with van der Waals surface area (Å²) in [5.41, 5.74) is -0.156. The Labute approximate surface area is 239 Å². The zero-order valence-electron chi connectivity index (χ0n) is 25.2. The molecule has 0 aliphatic heterocycles. The summed E-state index contributed by atoms with van der Waals surface area (Å²) in [7, 11) is 0. The first-order chi connectivity index (χ1) is 18.8. The molecule has 40 heavy (non-hydrogen) atoms. The van der Waals surface area contributed by atoms with Crippen molar-refractivity contribution in [3.8, 4) is 0 Å². The van der Waals surface area contributed by atoms with Crippen LogP contribution in [0.15, 0.2) is 30.3 Å². The van der Waals surface area contributed by atoms with Gasteiger partial charge in [0.2, 0.25) is 0 Å². The number of benzene rings is 1. The van der Waals surface area contributed by atoms with Crippen LogP contribution in [-0.2, 0) is 20.8 Å². The van der Waals surface area contributed by atoms with Gasteiger partial charge in [0.15, 0.2) is 0 Å². The first-order valence-corrected chi connectivity index (χ1v) is 14.7. The number of alkyl carbamates (subject to hydrolysis) is 2. The minimum absolute atomic E-state index is 0.0368. The number of hydrogen-bond donors (Lipinski definition) is 2. The first kappa shape index (κ1) is 31.6. The minimum Gasteiger partial charge on any atom is -0.445 e. The van der Waals surface area contributed by atoms with Crippen LogP contribution >= 0.6 is 0 Å². The zero-order valence-corrected chi connectivity index (χ0v) is 25.2. The van der Waals surface area contributed by atoms with E-state index in [0.717, 1.165) is 56.9 Å². The van der Waals surface area contributed by atoms with Crippen LogP contribution in [0.25, 0.3) is 0 Å². The molecular formula is C31H49N3O6. The molecule has 2 aliphatic rings. The second-order valence-corrected chi connectivity index (χ2v) is 13.2. The average molecular weight is 560 g/mol. The van der Waals surface area contributed by atoms with Gasteiger partial charge >= 0.3 is 18.3 Å². The number of ether oxygens (including phenoxy) is 3. The van der Waals surface area contributed by atoms with Gasteiger partial charge in [0.05, 0.1) is 0 Å². The molecule has 3 rings (SSSR count). The predicted molar refractivity (Wildman–Crippen MR) is 154 cm³/mol. The fourth-order valence-corrected chi connectivity index (χ4v) is 5.40. The molecule has 9 heteroatoms. The maximum Gasteiger partial charge on any atom is 0.410 e. The van der Waals surface area contributed by atoms with Crippen LogP contribution in [0.4, 0.5) is 14.4 Å². The van der Waals surface area contributed by atoms with Gasteiger partial charge in [-0.3, -0.25) is 0 Å². The molecule has 2 fully saturated rings. The third-order valence-electron chi connectivity index (χ3n) is 7.32. The second kappa shape index (κ2) is 14.1. The fourth-order valence-electron chi connectivity index (χ4n) is 5.40. The molecule has 0 bridgehead atoms. The molecule has 0 aromatic heterocycles. The lowest BCUT2D eigenvalue weighted by Crippen LogP contribution is -2.50. The summed E-state index contributed by atoms with van der Waals surface area (Å²) < 4.78 is 16.6. The van der Waals surface area contributed by atoms with Crippen LogP contribution in [0, 0.1) is 5.92 Å². The highest BCUT2D eigenvalue weighted by atomic mass is 16.6. The summed E-state index contributed by atoms with van der Waals surface area (Å²) in [6, 6.07) is 9.81. The highest BCUT2D eigenvalue weighted by Gasteiger charge is 2.35. The minimum atomic E-state index is -0.577. The van der Waals surface area contributed by atoms with Crippen LogP contribution in [0.2, 0.25) is 0 Å². The molecule has 2 N–H and O–H groups in total. The lowest BCUT2D eigenvalue weighted by molar-refractivity contribution is 0.00447. The van der Waals surface area contributed by atoms with Crippen molar-refractivity contribution in [2.75, 3.05) is 6.54 Å². The summed E-state index contributed by atoms with van der Waals surface area (Å²) in [5.74, 6) is 0.337. The molecule has 0 unspecified atom stereocenters. The molecule has 0 radical (unpaired) electrons. The number of nitrogens with zero attached hydrogens (tertiary/aromatic N) is 1. The molecule has 0 atom stereocenters. The van der Waals surface area contributed by atoms with Gasteiger partial charge in [-0.1, -0.05) is 30.3 Å². The molecule has 0 heterocycles. The molecule has 1 aromatic carbocycles. The van der Waals surface area contributed by atoms with Gasteiger partial charge in [-0.25, -0.2) is 14.4 Å². The topological polar surface area (TPSA) is 106 Å². The van der Waals surface area contributed by atoms with Crippen molar-refractivity contribution in [1.29, 1.82) is 0 Å². The number of rotatable bonds is 7. The Morgan fingerprint density at radius 1 is 0.750 bits per heavy atom. The Hall–Kier alpha value is -2.97. The van der Waals surface area contributed by atoms with Crippen molar-refractivity contribution >= 4 is 18.3 Å². The van der Waals surface area contributed by atoms with Crippen molar-refractivity contribution in [3.05, 3.63) is 35.9 Å². The largest absolute Gasteiger partial charge is 0.445 e. The summed E-state index contributed by atoms with van der Waals surface area (Å²) in [6.45, 7) is 12.1. The van der Waals surface area contributed by atoms with Gasteiger partial charge in [0.25, 0.3) is 0 Å². The molecule has 0 spiro atoms. The molecule has 9 nitrogen and oxygen atoms in total. The normalized spacial score (nSPS) is 23.4. The summed E-state index contributed by atoms with van der Waals surface area (Å²) in [6.07, 6.45) is 5.62. The van der Waals surface area contributed by atoms with Gasteiger partial charge in [0.1, 0.15) is 17.8 Å². The molecule has 3 amide bonds. The Morgan fingerprint density at radius 2 is 1.27 bits per heavy atom. The average Bonchev–Trinajstić information content (AvgIpc) is 2.86. The van der Waals surface area contributed by atoms with Crippen molar-refractivity contribution < 1.29 is 28.6 Å². The van der Waals surface area contributed by atoms with Crippen molar-refractivity contribution in [1.82, 2.24) is 15.5 Å². The number of hydrogen-bond acceptors (Lipinski definition) is 6. The smallest absolute Gasteiger partial charge is 0.410 e. The molecule has 2 aliphatic carbocycles. The Kier molecular flexibility index (Phi) is 11.1. The van der Waals surface area contributed by atoms with Crippen molar-refractivity contribution in [3.63, 3.8) is 0 Å². The van der Waals surface area contributed by atoms with Crippen LogP contribution in [0.1, 0.15) is 98.5 Å². The van der Waals surface area contributed by atoms with E-state index in [2.05, 4.69) is 10.6 Å². The fraction of sp³-hybridized carbons (Fsp3) is 0.710. The van der Waals surface area contributed by atoms with Crippen LogP contribution in [0.5, 0.6) is 0 Å². The summed E-state index contributed by atoms with van der Waals surface area (Å²) >= 11 is 0. The third kappa shape index (κ3) is 11.3. The van der Waals surface area contributed by atoms with E-state index in [1.165, 1.54) is 0 Å².